The second-order valence-electron chi connectivity index (χ2n) is 3.41. The lowest BCUT2D eigenvalue weighted by Crippen LogP contribution is -2.07. The predicted octanol–water partition coefficient (Wildman–Crippen LogP) is 2.52. The van der Waals surface area contributed by atoms with E-state index < -0.39 is 0 Å². The number of aromatic nitrogens is 2. The van der Waals surface area contributed by atoms with E-state index in [4.69, 9.17) is 11.6 Å². The highest BCUT2D eigenvalue weighted by Gasteiger charge is 2.02. The van der Waals surface area contributed by atoms with Gasteiger partial charge >= 0.3 is 0 Å². The summed E-state index contributed by atoms with van der Waals surface area (Å²) < 4.78 is 0. The molecule has 4 heteroatoms. The van der Waals surface area contributed by atoms with Crippen LogP contribution in [0, 0.1) is 0 Å². The lowest BCUT2D eigenvalue weighted by atomic mass is 10.2. The van der Waals surface area contributed by atoms with E-state index in [1.807, 2.05) is 37.4 Å². The van der Waals surface area contributed by atoms with Crippen LogP contribution in [0.15, 0.2) is 36.5 Å². The minimum atomic E-state index is 0.695. The fraction of sp³-hybridized carbons (Fsp3) is 0.167. The number of benzene rings is 1. The summed E-state index contributed by atoms with van der Waals surface area (Å²) >= 11 is 5.93. The first-order valence-electron chi connectivity index (χ1n) is 5.02. The van der Waals surface area contributed by atoms with E-state index in [2.05, 4.69) is 15.3 Å². The largest absolute Gasteiger partial charge is 0.314 e. The van der Waals surface area contributed by atoms with Gasteiger partial charge in [-0.15, -0.1) is 0 Å². The van der Waals surface area contributed by atoms with Gasteiger partial charge in [-0.25, -0.2) is 9.97 Å². The molecule has 2 rings (SSSR count). The summed E-state index contributed by atoms with van der Waals surface area (Å²) in [6.45, 7) is 0.732. The van der Waals surface area contributed by atoms with Crippen LogP contribution in [0.25, 0.3) is 11.4 Å². The topological polar surface area (TPSA) is 37.8 Å². The second-order valence-corrected chi connectivity index (χ2v) is 3.85. The minimum absolute atomic E-state index is 0.695. The molecule has 1 aromatic heterocycles. The predicted molar refractivity (Wildman–Crippen MR) is 65.2 cm³/mol. The molecule has 1 aromatic carbocycles. The van der Waals surface area contributed by atoms with Gasteiger partial charge in [-0.3, -0.25) is 0 Å². The molecule has 0 bridgehead atoms. The van der Waals surface area contributed by atoms with E-state index in [-0.39, 0.29) is 0 Å². The molecule has 0 atom stereocenters. The van der Waals surface area contributed by atoms with E-state index in [0.29, 0.717) is 10.8 Å². The Bertz CT molecular complexity index is 485. The van der Waals surface area contributed by atoms with Crippen molar-refractivity contribution in [1.29, 1.82) is 0 Å². The van der Waals surface area contributed by atoms with E-state index in [0.717, 1.165) is 17.8 Å². The van der Waals surface area contributed by atoms with Gasteiger partial charge in [-0.05, 0) is 25.2 Å². The Morgan fingerprint density at radius 1 is 1.31 bits per heavy atom. The van der Waals surface area contributed by atoms with Gasteiger partial charge in [-0.1, -0.05) is 23.7 Å². The first kappa shape index (κ1) is 11.0. The molecular weight excluding hydrogens is 222 g/mol. The van der Waals surface area contributed by atoms with Crippen LogP contribution in [0.1, 0.15) is 5.69 Å². The van der Waals surface area contributed by atoms with Crippen LogP contribution in [-0.4, -0.2) is 17.0 Å². The summed E-state index contributed by atoms with van der Waals surface area (Å²) in [5.74, 6) is 0.704. The van der Waals surface area contributed by atoms with Gasteiger partial charge in [-0.2, -0.15) is 0 Å². The lowest BCUT2D eigenvalue weighted by Gasteiger charge is -2.03. The van der Waals surface area contributed by atoms with E-state index in [1.54, 1.807) is 6.20 Å². The molecule has 16 heavy (non-hydrogen) atoms. The highest BCUT2D eigenvalue weighted by atomic mass is 35.5. The quantitative estimate of drug-likeness (QED) is 0.885. The van der Waals surface area contributed by atoms with Crippen molar-refractivity contribution in [2.75, 3.05) is 7.05 Å². The molecule has 0 aliphatic heterocycles. The smallest absolute Gasteiger partial charge is 0.159 e. The second kappa shape index (κ2) is 5.05. The number of hydrogen-bond acceptors (Lipinski definition) is 3. The number of halogens is 1. The zero-order chi connectivity index (χ0) is 11.4. The normalized spacial score (nSPS) is 10.4. The van der Waals surface area contributed by atoms with Crippen LogP contribution in [-0.2, 0) is 6.54 Å². The molecule has 2 aromatic rings. The van der Waals surface area contributed by atoms with Gasteiger partial charge in [0.1, 0.15) is 0 Å². The molecule has 0 unspecified atom stereocenters. The van der Waals surface area contributed by atoms with Gasteiger partial charge in [0, 0.05) is 23.3 Å². The maximum atomic E-state index is 5.93. The molecule has 0 radical (unpaired) electrons. The van der Waals surface area contributed by atoms with Gasteiger partial charge in [0.15, 0.2) is 5.82 Å². The fourth-order valence-corrected chi connectivity index (χ4v) is 1.63. The summed E-state index contributed by atoms with van der Waals surface area (Å²) in [5.41, 5.74) is 1.90. The maximum Gasteiger partial charge on any atom is 0.159 e. The van der Waals surface area contributed by atoms with Crippen LogP contribution >= 0.6 is 11.6 Å². The molecule has 0 amide bonds. The fourth-order valence-electron chi connectivity index (χ4n) is 1.44. The van der Waals surface area contributed by atoms with Gasteiger partial charge in [0.25, 0.3) is 0 Å². The van der Waals surface area contributed by atoms with Crippen LogP contribution < -0.4 is 5.32 Å². The van der Waals surface area contributed by atoms with Crippen molar-refractivity contribution in [3.05, 3.63) is 47.2 Å². The van der Waals surface area contributed by atoms with Gasteiger partial charge in [0.05, 0.1) is 5.69 Å². The van der Waals surface area contributed by atoms with E-state index >= 15 is 0 Å². The van der Waals surface area contributed by atoms with Crippen molar-refractivity contribution in [2.45, 2.75) is 6.54 Å². The van der Waals surface area contributed by atoms with Crippen molar-refractivity contribution < 1.29 is 0 Å². The summed E-state index contributed by atoms with van der Waals surface area (Å²) in [4.78, 5) is 8.68. The first-order chi connectivity index (χ1) is 7.79. The molecule has 0 fully saturated rings. The standard InChI is InChI=1S/C12H12ClN3/c1-14-8-11-5-6-15-12(16-11)9-3-2-4-10(13)7-9/h2-7,14H,8H2,1H3. The highest BCUT2D eigenvalue weighted by molar-refractivity contribution is 6.30. The number of nitrogens with one attached hydrogen (secondary N) is 1. The molecule has 0 aliphatic carbocycles. The number of rotatable bonds is 3. The Kier molecular flexibility index (Phi) is 3.49. The first-order valence-corrected chi connectivity index (χ1v) is 5.40. The minimum Gasteiger partial charge on any atom is -0.314 e. The summed E-state index contributed by atoms with van der Waals surface area (Å²) in [5, 5.41) is 3.75. The number of nitrogens with zero attached hydrogens (tertiary/aromatic N) is 2. The molecular formula is C12H12ClN3. The summed E-state index contributed by atoms with van der Waals surface area (Å²) in [6.07, 6.45) is 1.76. The van der Waals surface area contributed by atoms with E-state index in [1.165, 1.54) is 0 Å². The third-order valence-electron chi connectivity index (χ3n) is 2.15. The van der Waals surface area contributed by atoms with Crippen molar-refractivity contribution in [2.24, 2.45) is 0 Å². The third kappa shape index (κ3) is 2.56. The van der Waals surface area contributed by atoms with Crippen LogP contribution in [0.4, 0.5) is 0 Å². The highest BCUT2D eigenvalue weighted by Crippen LogP contribution is 2.19. The van der Waals surface area contributed by atoms with Crippen LogP contribution in [0.5, 0.6) is 0 Å². The molecule has 82 valence electrons. The van der Waals surface area contributed by atoms with Gasteiger partial charge in [0.2, 0.25) is 0 Å². The molecule has 0 spiro atoms. The monoisotopic (exact) mass is 233 g/mol. The van der Waals surface area contributed by atoms with Crippen molar-refractivity contribution in [3.63, 3.8) is 0 Å². The average molecular weight is 234 g/mol. The SMILES string of the molecule is CNCc1ccnc(-c2cccc(Cl)c2)n1. The Labute approximate surface area is 99.5 Å². The van der Waals surface area contributed by atoms with Crippen molar-refractivity contribution in [1.82, 2.24) is 15.3 Å². The zero-order valence-electron chi connectivity index (χ0n) is 8.94. The average Bonchev–Trinajstić information content (AvgIpc) is 2.30. The molecule has 0 saturated heterocycles. The summed E-state index contributed by atoms with van der Waals surface area (Å²) in [6, 6.07) is 9.43. The van der Waals surface area contributed by atoms with Crippen LogP contribution in [0.3, 0.4) is 0 Å². The molecule has 1 N–H and O–H groups in total. The maximum absolute atomic E-state index is 5.93. The Hall–Kier alpha value is -1.45. The number of hydrogen-bond donors (Lipinski definition) is 1. The molecule has 0 saturated carbocycles. The summed E-state index contributed by atoms with van der Waals surface area (Å²) in [7, 11) is 1.89. The Morgan fingerprint density at radius 3 is 2.94 bits per heavy atom. The van der Waals surface area contributed by atoms with E-state index in [9.17, 15) is 0 Å². The van der Waals surface area contributed by atoms with Crippen LogP contribution in [0.2, 0.25) is 5.02 Å². The molecule has 1 heterocycles. The molecule has 0 aliphatic rings. The lowest BCUT2D eigenvalue weighted by molar-refractivity contribution is 0.788. The van der Waals surface area contributed by atoms with Crippen molar-refractivity contribution >= 4 is 11.6 Å². The van der Waals surface area contributed by atoms with Crippen molar-refractivity contribution in [3.8, 4) is 11.4 Å². The molecule has 3 nitrogen and oxygen atoms in total. The zero-order valence-corrected chi connectivity index (χ0v) is 9.70. The Morgan fingerprint density at radius 2 is 2.19 bits per heavy atom. The third-order valence-corrected chi connectivity index (χ3v) is 2.39. The van der Waals surface area contributed by atoms with Gasteiger partial charge < -0.3 is 5.32 Å². The Balaban J connectivity index is 2.36.